The van der Waals surface area contributed by atoms with E-state index in [1.807, 2.05) is 48.5 Å². The van der Waals surface area contributed by atoms with Gasteiger partial charge in [0, 0.05) is 11.1 Å². The maximum atomic E-state index is 6.08. The van der Waals surface area contributed by atoms with Crippen LogP contribution in [0.1, 0.15) is 0 Å². The van der Waals surface area contributed by atoms with E-state index in [1.54, 1.807) is 0 Å². The molecule has 0 aliphatic rings. The summed E-state index contributed by atoms with van der Waals surface area (Å²) in [5.74, 6) is 0. The van der Waals surface area contributed by atoms with Crippen molar-refractivity contribution in [2.75, 3.05) is 0 Å². The molecule has 0 unspecified atom stereocenters. The number of aromatic nitrogens is 2. The molecule has 0 spiro atoms. The van der Waals surface area contributed by atoms with Gasteiger partial charge in [-0.25, -0.2) is 9.97 Å². The molecule has 0 amide bonds. The van der Waals surface area contributed by atoms with Gasteiger partial charge in [0.1, 0.15) is 0 Å². The van der Waals surface area contributed by atoms with Gasteiger partial charge in [-0.1, -0.05) is 103 Å². The van der Waals surface area contributed by atoms with Crippen molar-refractivity contribution in [1.29, 1.82) is 0 Å². The van der Waals surface area contributed by atoms with E-state index in [4.69, 9.17) is 7.85 Å². The van der Waals surface area contributed by atoms with Crippen molar-refractivity contribution < 1.29 is 0 Å². The molecule has 2 radical (unpaired) electrons. The van der Waals surface area contributed by atoms with Gasteiger partial charge < -0.3 is 0 Å². The van der Waals surface area contributed by atoms with Gasteiger partial charge in [-0.15, -0.1) is 0 Å². The summed E-state index contributed by atoms with van der Waals surface area (Å²) in [6.45, 7) is 0. The second-order valence-electron chi connectivity index (χ2n) is 7.39. The highest BCUT2D eigenvalue weighted by atomic mass is 14.9. The SMILES string of the molecule is [B]c1nc(-c2ccc(-c3ccccc3)cc2)cc(-c2cccc(-c3ccccc3)c2)n1. The zero-order chi connectivity index (χ0) is 21.0. The van der Waals surface area contributed by atoms with Crippen molar-refractivity contribution in [2.24, 2.45) is 0 Å². The molecule has 2 nitrogen and oxygen atoms in total. The van der Waals surface area contributed by atoms with Crippen LogP contribution in [0.2, 0.25) is 0 Å². The van der Waals surface area contributed by atoms with Gasteiger partial charge in [0.05, 0.1) is 17.1 Å². The van der Waals surface area contributed by atoms with Crippen LogP contribution in [0.5, 0.6) is 0 Å². The van der Waals surface area contributed by atoms with E-state index < -0.39 is 0 Å². The van der Waals surface area contributed by atoms with E-state index in [9.17, 15) is 0 Å². The molecular weight excluding hydrogens is 375 g/mol. The Morgan fingerprint density at radius 2 is 0.839 bits per heavy atom. The molecule has 0 saturated heterocycles. The smallest absolute Gasteiger partial charge is 0.170 e. The van der Waals surface area contributed by atoms with Crippen LogP contribution in [0.4, 0.5) is 0 Å². The second-order valence-corrected chi connectivity index (χ2v) is 7.39. The zero-order valence-corrected chi connectivity index (χ0v) is 16.9. The third-order valence-electron chi connectivity index (χ3n) is 5.30. The van der Waals surface area contributed by atoms with Gasteiger partial charge in [-0.2, -0.15) is 0 Å². The van der Waals surface area contributed by atoms with Crippen molar-refractivity contribution in [3.63, 3.8) is 0 Å². The van der Waals surface area contributed by atoms with Gasteiger partial charge in [0.2, 0.25) is 0 Å². The van der Waals surface area contributed by atoms with E-state index in [0.29, 0.717) is 0 Å². The highest BCUT2D eigenvalue weighted by Gasteiger charge is 2.08. The van der Waals surface area contributed by atoms with Crippen LogP contribution in [0.15, 0.2) is 115 Å². The first-order valence-electron chi connectivity index (χ1n) is 10.2. The summed E-state index contributed by atoms with van der Waals surface area (Å²) in [5, 5.41) is 0. The monoisotopic (exact) mass is 394 g/mol. The lowest BCUT2D eigenvalue weighted by Crippen LogP contribution is -2.14. The van der Waals surface area contributed by atoms with Crippen LogP contribution in [0.25, 0.3) is 44.8 Å². The largest absolute Gasteiger partial charge is 0.245 e. The van der Waals surface area contributed by atoms with Crippen LogP contribution in [0, 0.1) is 0 Å². The Hall–Kier alpha value is -3.98. The Morgan fingerprint density at radius 3 is 1.48 bits per heavy atom. The lowest BCUT2D eigenvalue weighted by atomic mass is 9.99. The summed E-state index contributed by atoms with van der Waals surface area (Å²) in [6, 6.07) is 39.4. The predicted molar refractivity (Wildman–Crippen MR) is 129 cm³/mol. The van der Waals surface area contributed by atoms with Gasteiger partial charge in [-0.05, 0) is 34.4 Å². The minimum absolute atomic E-state index is 0.268. The molecule has 0 aliphatic carbocycles. The van der Waals surface area contributed by atoms with E-state index in [1.165, 1.54) is 16.7 Å². The van der Waals surface area contributed by atoms with E-state index >= 15 is 0 Å². The molecule has 0 N–H and O–H groups in total. The Labute approximate surface area is 183 Å². The number of hydrogen-bond acceptors (Lipinski definition) is 2. The van der Waals surface area contributed by atoms with Gasteiger partial charge >= 0.3 is 0 Å². The van der Waals surface area contributed by atoms with Crippen LogP contribution in [-0.2, 0) is 0 Å². The molecule has 31 heavy (non-hydrogen) atoms. The normalized spacial score (nSPS) is 10.7. The summed E-state index contributed by atoms with van der Waals surface area (Å²) in [5.41, 5.74) is 8.58. The fourth-order valence-corrected chi connectivity index (χ4v) is 3.71. The Bertz CT molecular complexity index is 1310. The Balaban J connectivity index is 1.50. The summed E-state index contributed by atoms with van der Waals surface area (Å²) in [4.78, 5) is 8.98. The minimum atomic E-state index is 0.268. The fourth-order valence-electron chi connectivity index (χ4n) is 3.71. The molecule has 144 valence electrons. The number of rotatable bonds is 4. The first kappa shape index (κ1) is 19.0. The van der Waals surface area contributed by atoms with Crippen LogP contribution in [0.3, 0.4) is 0 Å². The second kappa shape index (κ2) is 8.41. The molecule has 5 aromatic rings. The third kappa shape index (κ3) is 4.17. The molecule has 0 saturated carbocycles. The van der Waals surface area contributed by atoms with Gasteiger partial charge in [-0.3, -0.25) is 0 Å². The maximum absolute atomic E-state index is 6.08. The average molecular weight is 394 g/mol. The fraction of sp³-hybridized carbons (Fsp3) is 0. The van der Waals surface area contributed by atoms with Crippen molar-refractivity contribution in [1.82, 2.24) is 9.97 Å². The molecule has 1 heterocycles. The molecule has 0 fully saturated rings. The Kier molecular flexibility index (Phi) is 5.16. The van der Waals surface area contributed by atoms with Crippen molar-refractivity contribution >= 4 is 13.6 Å². The van der Waals surface area contributed by atoms with E-state index in [0.717, 1.165) is 28.1 Å². The first-order chi connectivity index (χ1) is 15.3. The van der Waals surface area contributed by atoms with E-state index in [2.05, 4.69) is 76.7 Å². The Morgan fingerprint density at radius 1 is 0.387 bits per heavy atom. The van der Waals surface area contributed by atoms with E-state index in [-0.39, 0.29) is 5.72 Å². The van der Waals surface area contributed by atoms with Gasteiger partial charge in [0.15, 0.2) is 7.85 Å². The van der Waals surface area contributed by atoms with Gasteiger partial charge in [0.25, 0.3) is 0 Å². The molecule has 0 bridgehead atoms. The molecule has 5 rings (SSSR count). The maximum Gasteiger partial charge on any atom is 0.170 e. The topological polar surface area (TPSA) is 25.8 Å². The number of nitrogens with zero attached hydrogens (tertiary/aromatic N) is 2. The average Bonchev–Trinajstić information content (AvgIpc) is 2.85. The summed E-state index contributed by atoms with van der Waals surface area (Å²) < 4.78 is 0. The summed E-state index contributed by atoms with van der Waals surface area (Å²) in [7, 11) is 6.08. The molecule has 0 atom stereocenters. The van der Waals surface area contributed by atoms with Crippen LogP contribution < -0.4 is 5.72 Å². The van der Waals surface area contributed by atoms with Crippen molar-refractivity contribution in [3.05, 3.63) is 115 Å². The third-order valence-corrected chi connectivity index (χ3v) is 5.30. The van der Waals surface area contributed by atoms with Crippen molar-refractivity contribution in [3.8, 4) is 44.8 Å². The lowest BCUT2D eigenvalue weighted by molar-refractivity contribution is 1.24. The molecule has 0 aliphatic heterocycles. The summed E-state index contributed by atoms with van der Waals surface area (Å²) >= 11 is 0. The zero-order valence-electron chi connectivity index (χ0n) is 16.9. The quantitative estimate of drug-likeness (QED) is 0.353. The standard InChI is InChI=1S/C28H19BN2/c29-28-30-26(23-16-14-22(15-17-23)20-8-3-1-4-9-20)19-27(31-28)25-13-7-12-24(18-25)21-10-5-2-6-11-21/h1-19H. The molecule has 3 heteroatoms. The first-order valence-corrected chi connectivity index (χ1v) is 10.2. The number of benzene rings is 4. The lowest BCUT2D eigenvalue weighted by Gasteiger charge is -2.10. The highest BCUT2D eigenvalue weighted by Crippen LogP contribution is 2.28. The van der Waals surface area contributed by atoms with Crippen molar-refractivity contribution in [2.45, 2.75) is 0 Å². The molecule has 4 aromatic carbocycles. The number of hydrogen-bond donors (Lipinski definition) is 0. The van der Waals surface area contributed by atoms with Crippen LogP contribution >= 0.6 is 0 Å². The minimum Gasteiger partial charge on any atom is -0.245 e. The van der Waals surface area contributed by atoms with Crippen LogP contribution in [-0.4, -0.2) is 17.8 Å². The molecule has 1 aromatic heterocycles. The molecular formula is C28H19BN2. The highest BCUT2D eigenvalue weighted by molar-refractivity contribution is 6.29. The summed E-state index contributed by atoms with van der Waals surface area (Å²) in [6.07, 6.45) is 0. The predicted octanol–water partition coefficient (Wildman–Crippen LogP) is 5.94.